The monoisotopic (exact) mass is 384 g/mol. The number of nitrogens with one attached hydrogen (secondary N) is 1. The molecule has 2 aromatic rings. The zero-order valence-electron chi connectivity index (χ0n) is 14.3. The second-order valence-corrected chi connectivity index (χ2v) is 8.60. The molecule has 0 atom stereocenters. The van der Waals surface area contributed by atoms with Crippen LogP contribution in [0.5, 0.6) is 5.75 Å². The van der Waals surface area contributed by atoms with E-state index in [4.69, 9.17) is 10.00 Å². The molecule has 1 N–H and O–H groups in total. The third-order valence-electron chi connectivity index (χ3n) is 3.90. The van der Waals surface area contributed by atoms with E-state index in [2.05, 4.69) is 23.5 Å². The fourth-order valence-corrected chi connectivity index (χ4v) is 5.45. The molecular weight excluding hydrogens is 364 g/mol. The molecule has 134 valence electrons. The standard InChI is InChI=1S/C20H20N2O2S2/c21-12-15-3-1-4-16(11-15)13-22-19(23)14-24-18-7-5-17(6-8-18)20-25-9-2-10-26-20/h1,3-8,11,20H,2,9-10,13-14H2,(H,22,23). The quantitative estimate of drug-likeness (QED) is 0.812. The van der Waals surface area contributed by atoms with E-state index in [1.807, 2.05) is 41.7 Å². The van der Waals surface area contributed by atoms with Gasteiger partial charge in [0.1, 0.15) is 5.75 Å². The highest BCUT2D eigenvalue weighted by atomic mass is 32.2. The van der Waals surface area contributed by atoms with E-state index in [0.29, 0.717) is 22.4 Å². The summed E-state index contributed by atoms with van der Waals surface area (Å²) < 4.78 is 6.07. The minimum atomic E-state index is -0.185. The fourth-order valence-electron chi connectivity index (χ4n) is 2.55. The maximum absolute atomic E-state index is 12.0. The van der Waals surface area contributed by atoms with Crippen LogP contribution in [0.15, 0.2) is 48.5 Å². The van der Waals surface area contributed by atoms with Gasteiger partial charge in [0.15, 0.2) is 6.61 Å². The Kier molecular flexibility index (Phi) is 6.87. The zero-order valence-corrected chi connectivity index (χ0v) is 15.9. The molecule has 0 aliphatic carbocycles. The second kappa shape index (κ2) is 9.56. The van der Waals surface area contributed by atoms with Gasteiger partial charge in [0.25, 0.3) is 5.91 Å². The summed E-state index contributed by atoms with van der Waals surface area (Å²) in [4.78, 5) is 12.0. The molecule has 1 fully saturated rings. The summed E-state index contributed by atoms with van der Waals surface area (Å²) in [6, 6.07) is 17.3. The molecule has 4 nitrogen and oxygen atoms in total. The first-order valence-corrected chi connectivity index (χ1v) is 10.6. The van der Waals surface area contributed by atoms with Crippen LogP contribution in [0.2, 0.25) is 0 Å². The number of amides is 1. The molecule has 0 unspecified atom stereocenters. The molecule has 1 heterocycles. The van der Waals surface area contributed by atoms with Crippen molar-refractivity contribution < 1.29 is 9.53 Å². The summed E-state index contributed by atoms with van der Waals surface area (Å²) >= 11 is 3.97. The van der Waals surface area contributed by atoms with Gasteiger partial charge < -0.3 is 10.1 Å². The summed E-state index contributed by atoms with van der Waals surface area (Å²) in [5.74, 6) is 2.94. The number of benzene rings is 2. The number of hydrogen-bond donors (Lipinski definition) is 1. The molecule has 1 aliphatic heterocycles. The maximum atomic E-state index is 12.0. The summed E-state index contributed by atoms with van der Waals surface area (Å²) in [5, 5.41) is 11.7. The third-order valence-corrected chi connectivity index (χ3v) is 6.91. The van der Waals surface area contributed by atoms with Gasteiger partial charge in [-0.1, -0.05) is 24.3 Å². The van der Waals surface area contributed by atoms with Gasteiger partial charge in [-0.3, -0.25) is 4.79 Å². The van der Waals surface area contributed by atoms with Crippen molar-refractivity contribution in [1.82, 2.24) is 5.32 Å². The van der Waals surface area contributed by atoms with Gasteiger partial charge in [-0.15, -0.1) is 23.5 Å². The smallest absolute Gasteiger partial charge is 0.258 e. The van der Waals surface area contributed by atoms with Crippen molar-refractivity contribution in [2.75, 3.05) is 18.1 Å². The molecule has 2 aromatic carbocycles. The number of nitrogens with zero attached hydrogens (tertiary/aromatic N) is 1. The minimum absolute atomic E-state index is 0.0236. The molecule has 26 heavy (non-hydrogen) atoms. The predicted octanol–water partition coefficient (Wildman–Crippen LogP) is 4.12. The Morgan fingerprint density at radius 2 is 1.96 bits per heavy atom. The largest absolute Gasteiger partial charge is 0.484 e. The highest BCUT2D eigenvalue weighted by Crippen LogP contribution is 2.43. The van der Waals surface area contributed by atoms with Crippen molar-refractivity contribution >= 4 is 29.4 Å². The number of rotatable bonds is 6. The van der Waals surface area contributed by atoms with Gasteiger partial charge >= 0.3 is 0 Å². The van der Waals surface area contributed by atoms with Crippen molar-refractivity contribution in [3.8, 4) is 11.8 Å². The van der Waals surface area contributed by atoms with E-state index in [9.17, 15) is 4.79 Å². The number of carbonyl (C=O) groups is 1. The second-order valence-electron chi connectivity index (χ2n) is 5.87. The SMILES string of the molecule is N#Cc1cccc(CNC(=O)COc2ccc(C3SCCCS3)cc2)c1. The molecule has 0 saturated carbocycles. The lowest BCUT2D eigenvalue weighted by Gasteiger charge is -2.21. The van der Waals surface area contributed by atoms with E-state index in [0.717, 1.165) is 5.56 Å². The normalized spacial score (nSPS) is 14.4. The average molecular weight is 385 g/mol. The first-order valence-electron chi connectivity index (χ1n) is 8.46. The Labute approximate surface area is 162 Å². The van der Waals surface area contributed by atoms with Crippen molar-refractivity contribution in [3.63, 3.8) is 0 Å². The average Bonchev–Trinajstić information content (AvgIpc) is 2.72. The Hall–Kier alpha value is -2.10. The third kappa shape index (κ3) is 5.45. The number of nitriles is 1. The lowest BCUT2D eigenvalue weighted by molar-refractivity contribution is -0.123. The summed E-state index contributed by atoms with van der Waals surface area (Å²) in [6.07, 6.45) is 1.28. The topological polar surface area (TPSA) is 62.1 Å². The number of thioether (sulfide) groups is 2. The number of carbonyl (C=O) groups excluding carboxylic acids is 1. The van der Waals surface area contributed by atoms with Gasteiger partial charge in [-0.05, 0) is 53.3 Å². The van der Waals surface area contributed by atoms with E-state index >= 15 is 0 Å². The van der Waals surface area contributed by atoms with Crippen molar-refractivity contribution in [2.24, 2.45) is 0 Å². The molecule has 0 radical (unpaired) electrons. The molecule has 1 saturated heterocycles. The Morgan fingerprint density at radius 3 is 2.69 bits per heavy atom. The van der Waals surface area contributed by atoms with Crippen LogP contribution in [0.1, 0.15) is 27.7 Å². The van der Waals surface area contributed by atoms with Gasteiger partial charge in [0.05, 0.1) is 16.2 Å². The van der Waals surface area contributed by atoms with Crippen LogP contribution in [-0.4, -0.2) is 24.0 Å². The molecule has 0 spiro atoms. The lowest BCUT2D eigenvalue weighted by atomic mass is 10.1. The van der Waals surface area contributed by atoms with E-state index in [1.54, 1.807) is 18.2 Å². The minimum Gasteiger partial charge on any atom is -0.484 e. The molecule has 1 aliphatic rings. The van der Waals surface area contributed by atoms with Crippen LogP contribution in [0.3, 0.4) is 0 Å². The summed E-state index contributed by atoms with van der Waals surface area (Å²) in [5.41, 5.74) is 2.78. The first kappa shape index (κ1) is 18.7. The Morgan fingerprint density at radius 1 is 1.19 bits per heavy atom. The first-order chi connectivity index (χ1) is 12.7. The molecule has 0 bridgehead atoms. The van der Waals surface area contributed by atoms with Crippen LogP contribution in [-0.2, 0) is 11.3 Å². The van der Waals surface area contributed by atoms with Crippen LogP contribution >= 0.6 is 23.5 Å². The van der Waals surface area contributed by atoms with Crippen LogP contribution in [0, 0.1) is 11.3 Å². The van der Waals surface area contributed by atoms with Gasteiger partial charge in [-0.2, -0.15) is 5.26 Å². The molecule has 6 heteroatoms. The molecule has 3 rings (SSSR count). The Bertz CT molecular complexity index is 781. The van der Waals surface area contributed by atoms with Gasteiger partial charge in [-0.25, -0.2) is 0 Å². The van der Waals surface area contributed by atoms with Crippen LogP contribution in [0.4, 0.5) is 0 Å². The maximum Gasteiger partial charge on any atom is 0.258 e. The van der Waals surface area contributed by atoms with E-state index in [1.165, 1.54) is 23.5 Å². The molecule has 1 amide bonds. The predicted molar refractivity (Wildman–Crippen MR) is 107 cm³/mol. The van der Waals surface area contributed by atoms with Gasteiger partial charge in [0, 0.05) is 6.54 Å². The highest BCUT2D eigenvalue weighted by Gasteiger charge is 2.16. The van der Waals surface area contributed by atoms with Crippen molar-refractivity contribution in [1.29, 1.82) is 5.26 Å². The highest BCUT2D eigenvalue weighted by molar-refractivity contribution is 8.16. The van der Waals surface area contributed by atoms with E-state index < -0.39 is 0 Å². The van der Waals surface area contributed by atoms with Crippen LogP contribution < -0.4 is 10.1 Å². The number of ether oxygens (including phenoxy) is 1. The molecular formula is C20H20N2O2S2. The van der Waals surface area contributed by atoms with Crippen molar-refractivity contribution in [3.05, 3.63) is 65.2 Å². The Balaban J connectivity index is 1.44. The number of hydrogen-bond acceptors (Lipinski definition) is 5. The van der Waals surface area contributed by atoms with E-state index in [-0.39, 0.29) is 12.5 Å². The van der Waals surface area contributed by atoms with Gasteiger partial charge in [0.2, 0.25) is 0 Å². The fraction of sp³-hybridized carbons (Fsp3) is 0.300. The summed E-state index contributed by atoms with van der Waals surface area (Å²) in [6.45, 7) is 0.358. The van der Waals surface area contributed by atoms with Crippen molar-refractivity contribution in [2.45, 2.75) is 17.5 Å². The lowest BCUT2D eigenvalue weighted by Crippen LogP contribution is -2.28. The van der Waals surface area contributed by atoms with Crippen LogP contribution in [0.25, 0.3) is 0 Å². The summed E-state index contributed by atoms with van der Waals surface area (Å²) in [7, 11) is 0. The zero-order chi connectivity index (χ0) is 18.2. The molecule has 0 aromatic heterocycles.